The van der Waals surface area contributed by atoms with E-state index in [4.69, 9.17) is 75.3 Å². The number of phosphoric ester groups is 1. The fourth-order valence-corrected chi connectivity index (χ4v) is 13.8. The van der Waals surface area contributed by atoms with Gasteiger partial charge in [0, 0.05) is 31.3 Å². The molecule has 10 rings (SSSR count). The molecule has 520 valence electrons. The molecule has 20 nitrogen and oxygen atoms in total. The van der Waals surface area contributed by atoms with Crippen LogP contribution in [0.25, 0.3) is 0 Å². The van der Waals surface area contributed by atoms with Crippen molar-refractivity contribution >= 4 is 14.1 Å². The lowest BCUT2D eigenvalue weighted by Gasteiger charge is -2.49. The monoisotopic (exact) mass is 1350 g/mol. The van der Waals surface area contributed by atoms with Crippen LogP contribution < -0.4 is 10.2 Å². The van der Waals surface area contributed by atoms with E-state index in [1.165, 1.54) is 21.1 Å². The molecule has 0 saturated carbocycles. The summed E-state index contributed by atoms with van der Waals surface area (Å²) >= 11 is 0. The average Bonchev–Trinajstić information content (AvgIpc) is 0.783. The fraction of sp³-hybridized carbons (Fsp3) is 0.434. The van der Waals surface area contributed by atoms with Gasteiger partial charge in [-0.25, -0.2) is 0 Å². The first-order valence-corrected chi connectivity index (χ1v) is 34.9. The van der Waals surface area contributed by atoms with Gasteiger partial charge < -0.3 is 71.8 Å². The van der Waals surface area contributed by atoms with Crippen LogP contribution >= 0.6 is 8.17 Å². The Labute approximate surface area is 571 Å². The molecule has 3 aliphatic heterocycles. The molecule has 1 amide bonds. The number of amides is 1. The van der Waals surface area contributed by atoms with Gasteiger partial charge in [-0.15, -0.1) is 9.17 Å². The SMILES string of the molecule is CC[N+](CC)(CC)O[P+]([O-])(OC[C@H]1O[C@@H](OC)[C@H](OCc2ccccc2)[C@@H](OCc2ccccc2)[C@@H]1OCc1ccccc1)OC(O[C@@H]1O[C@@H]2COC(c3ccccc3)O[C@@H]2[C@H](OC)[C@H]1NC(C)=O)[C@@H](OCc1ccccc1)[C@@H](OCc1ccccc1)[C@H](C)OCc1ccccc1. The summed E-state index contributed by atoms with van der Waals surface area (Å²) in [5.74, 6) is -0.436. The molecule has 3 fully saturated rings. The molecule has 0 spiro atoms. The maximum atomic E-state index is 17.1. The third-order valence-corrected chi connectivity index (χ3v) is 19.1. The number of fused-ring (bicyclic) bond motifs is 1. The summed E-state index contributed by atoms with van der Waals surface area (Å²) in [7, 11) is -2.12. The van der Waals surface area contributed by atoms with Crippen LogP contribution in [-0.4, -0.2) is 144 Å². The van der Waals surface area contributed by atoms with Crippen molar-refractivity contribution < 1.29 is 89.6 Å². The number of carbonyl (C=O) groups is 1. The van der Waals surface area contributed by atoms with Crippen molar-refractivity contribution in [1.82, 2.24) is 5.32 Å². The molecule has 0 bridgehead atoms. The van der Waals surface area contributed by atoms with Gasteiger partial charge in [0.2, 0.25) is 12.2 Å². The number of benzene rings is 7. The summed E-state index contributed by atoms with van der Waals surface area (Å²) in [6.07, 6.45) is -15.0. The summed E-state index contributed by atoms with van der Waals surface area (Å²) in [6, 6.07) is 66.6. The third-order valence-electron chi connectivity index (χ3n) is 17.6. The first kappa shape index (κ1) is 73.4. The van der Waals surface area contributed by atoms with Crippen molar-refractivity contribution in [1.29, 1.82) is 0 Å². The van der Waals surface area contributed by atoms with Crippen LogP contribution in [0.1, 0.15) is 79.9 Å². The summed E-state index contributed by atoms with van der Waals surface area (Å²) < 4.78 is 110. The number of hydrogen-bond donors (Lipinski definition) is 1. The molecule has 3 heterocycles. The molecule has 0 aromatic heterocycles. The molecule has 0 radical (unpaired) electrons. The van der Waals surface area contributed by atoms with Gasteiger partial charge in [0.15, 0.2) is 18.9 Å². The quantitative estimate of drug-likeness (QED) is 0.0167. The van der Waals surface area contributed by atoms with Gasteiger partial charge in [0.25, 0.3) is 0 Å². The number of carbonyl (C=O) groups excluding carboxylic acids is 1. The van der Waals surface area contributed by atoms with Crippen LogP contribution in [-0.2, 0) is 120 Å². The number of rotatable bonds is 37. The number of quaternary nitrogens is 1. The van der Waals surface area contributed by atoms with E-state index in [1.807, 2.05) is 240 Å². The Morgan fingerprint density at radius 2 is 0.979 bits per heavy atom. The van der Waals surface area contributed by atoms with E-state index in [-0.39, 0.29) is 50.9 Å². The van der Waals surface area contributed by atoms with E-state index in [1.54, 1.807) is 0 Å². The topological polar surface area (TPSA) is 200 Å². The van der Waals surface area contributed by atoms with E-state index < -0.39 is 113 Å². The Hall–Kier alpha value is -6.28. The standard InChI is InChI=1S/C76H93N2O18P/c1-8-78(9-2,10-3)96-97(80,90-53-64-67(85-48-58-36-22-13-23-37-58)70(86-49-59-38-24-14-25-39-59)72(75(82-7)92-64)88-51-61-42-28-16-29-43-61)95-76(94-74-65(77-55(5)79)69(81-6)68-63(91-74)52-89-73(93-68)62-44-30-17-31-45-62)71(87-50-60-40-26-15-27-41-60)66(84-47-57-34-20-12-21-35-57)54(4)83-46-56-32-18-11-19-33-56/h11-45,54,63-76H,8-10,46-53H2,1-7H3/p+1/t54-,63+,64+,65+,66-,67+,68-,69+,70-,71-,72+,73?,74-,75+,76?,97?/m0/s1. The highest BCUT2D eigenvalue weighted by Crippen LogP contribution is 2.58. The summed E-state index contributed by atoms with van der Waals surface area (Å²) in [6.45, 7) is 10.1. The van der Waals surface area contributed by atoms with Crippen LogP contribution in [0.4, 0.5) is 0 Å². The second-order valence-electron chi connectivity index (χ2n) is 24.2. The van der Waals surface area contributed by atoms with Crippen LogP contribution in [0, 0.1) is 0 Å². The van der Waals surface area contributed by atoms with Crippen molar-refractivity contribution in [3.05, 3.63) is 251 Å². The lowest BCUT2D eigenvalue weighted by Crippen LogP contribution is -2.68. The second-order valence-corrected chi connectivity index (χ2v) is 25.7. The number of hydrogen-bond acceptors (Lipinski definition) is 18. The number of nitrogens with zero attached hydrogens (tertiary/aromatic N) is 1. The number of phosphoric acid groups is 1. The van der Waals surface area contributed by atoms with Crippen molar-refractivity contribution in [2.24, 2.45) is 0 Å². The minimum atomic E-state index is -5.16. The summed E-state index contributed by atoms with van der Waals surface area (Å²) in [4.78, 5) is 30.8. The molecule has 1 N–H and O–H groups in total. The lowest BCUT2D eigenvalue weighted by molar-refractivity contribution is -1.08. The molecule has 3 unspecified atom stereocenters. The Kier molecular flexibility index (Phi) is 28.2. The van der Waals surface area contributed by atoms with Gasteiger partial charge in [-0.3, -0.25) is 4.79 Å². The zero-order valence-corrected chi connectivity index (χ0v) is 57.3. The molecular formula is C76H94N2O18P+. The highest BCUT2D eigenvalue weighted by atomic mass is 31.2. The zero-order valence-electron chi connectivity index (χ0n) is 56.4. The first-order valence-electron chi connectivity index (χ1n) is 33.4. The second kappa shape index (κ2) is 37.2. The van der Waals surface area contributed by atoms with Gasteiger partial charge >= 0.3 is 8.17 Å². The Morgan fingerprint density at radius 1 is 0.536 bits per heavy atom. The number of ether oxygens (including phenoxy) is 13. The number of methoxy groups -OCH3 is 2. The van der Waals surface area contributed by atoms with Crippen molar-refractivity contribution in [2.45, 2.75) is 167 Å². The van der Waals surface area contributed by atoms with Crippen LogP contribution in [0.3, 0.4) is 0 Å². The van der Waals surface area contributed by atoms with Crippen molar-refractivity contribution in [2.75, 3.05) is 47.1 Å². The van der Waals surface area contributed by atoms with Crippen molar-refractivity contribution in [3.8, 4) is 0 Å². The van der Waals surface area contributed by atoms with Gasteiger partial charge in [-0.2, -0.15) is 4.52 Å². The summed E-state index contributed by atoms with van der Waals surface area (Å²) in [5.41, 5.74) is 5.96. The molecular weight excluding hydrogens is 1260 g/mol. The first-order chi connectivity index (χ1) is 47.4. The van der Waals surface area contributed by atoms with Gasteiger partial charge in [0.1, 0.15) is 87.2 Å². The highest BCUT2D eigenvalue weighted by molar-refractivity contribution is 7.53. The largest absolute Gasteiger partial charge is 0.601 e. The maximum absolute atomic E-state index is 17.1. The molecule has 16 atom stereocenters. The van der Waals surface area contributed by atoms with Gasteiger partial charge in [-0.1, -0.05) is 212 Å². The van der Waals surface area contributed by atoms with E-state index in [0.717, 1.165) is 38.9 Å². The number of hydroxylamine groups is 3. The molecule has 97 heavy (non-hydrogen) atoms. The molecule has 0 aliphatic carbocycles. The Balaban J connectivity index is 1.09. The van der Waals surface area contributed by atoms with E-state index >= 15 is 4.89 Å². The van der Waals surface area contributed by atoms with Crippen LogP contribution in [0.5, 0.6) is 0 Å². The molecule has 3 aliphatic rings. The molecule has 21 heteroatoms. The maximum Gasteiger partial charge on any atom is 0.452 e. The third kappa shape index (κ3) is 20.7. The predicted octanol–water partition coefficient (Wildman–Crippen LogP) is 11.5. The Morgan fingerprint density at radius 3 is 1.44 bits per heavy atom. The molecule has 7 aromatic rings. The van der Waals surface area contributed by atoms with Gasteiger partial charge in [-0.05, 0) is 61.1 Å². The Bertz CT molecular complexity index is 3340. The highest BCUT2D eigenvalue weighted by Gasteiger charge is 2.58. The number of nitrogens with one attached hydrogen (secondary N) is 1. The fourth-order valence-electron chi connectivity index (χ4n) is 12.2. The minimum absolute atomic E-state index is 0.0170. The smallest absolute Gasteiger partial charge is 0.452 e. The lowest BCUT2D eigenvalue weighted by atomic mass is 9.95. The van der Waals surface area contributed by atoms with Crippen LogP contribution in [0.15, 0.2) is 212 Å². The summed E-state index contributed by atoms with van der Waals surface area (Å²) in [5, 5.41) is 3.06. The molecule has 7 aromatic carbocycles. The normalized spacial score (nSPS) is 24.6. The van der Waals surface area contributed by atoms with Crippen LogP contribution in [0.2, 0.25) is 0 Å². The zero-order chi connectivity index (χ0) is 67.8. The van der Waals surface area contributed by atoms with E-state index in [2.05, 4.69) is 5.32 Å². The van der Waals surface area contributed by atoms with Gasteiger partial charge in [0.05, 0.1) is 52.4 Å². The minimum Gasteiger partial charge on any atom is -0.601 e. The average molecular weight is 1350 g/mol. The van der Waals surface area contributed by atoms with E-state index in [0.29, 0.717) is 19.6 Å². The van der Waals surface area contributed by atoms with Crippen molar-refractivity contribution in [3.63, 3.8) is 0 Å². The van der Waals surface area contributed by atoms with E-state index in [9.17, 15) is 4.79 Å². The predicted molar refractivity (Wildman–Crippen MR) is 360 cm³/mol. The molecule has 3 saturated heterocycles.